The van der Waals surface area contributed by atoms with Crippen molar-refractivity contribution in [2.24, 2.45) is 0 Å². The number of carbonyl (C=O) groups is 1. The second-order valence-electron chi connectivity index (χ2n) is 7.35. The van der Waals surface area contributed by atoms with E-state index in [1.54, 1.807) is 0 Å². The molecule has 0 spiro atoms. The summed E-state index contributed by atoms with van der Waals surface area (Å²) in [7, 11) is 0. The van der Waals surface area contributed by atoms with Crippen LogP contribution in [-0.4, -0.2) is 67.8 Å². The Kier molecular flexibility index (Phi) is 6.88. The van der Waals surface area contributed by atoms with Gasteiger partial charge in [-0.3, -0.25) is 9.69 Å². The van der Waals surface area contributed by atoms with Crippen LogP contribution in [0.2, 0.25) is 0 Å². The lowest BCUT2D eigenvalue weighted by Crippen LogP contribution is -2.50. The van der Waals surface area contributed by atoms with Crippen molar-refractivity contribution in [1.82, 2.24) is 10.2 Å². The van der Waals surface area contributed by atoms with Crippen molar-refractivity contribution in [3.8, 4) is 0 Å². The van der Waals surface area contributed by atoms with Crippen LogP contribution >= 0.6 is 0 Å². The van der Waals surface area contributed by atoms with Crippen LogP contribution in [0.4, 0.5) is 11.4 Å². The number of amides is 1. The van der Waals surface area contributed by atoms with Gasteiger partial charge in [0.25, 0.3) is 0 Å². The quantitative estimate of drug-likeness (QED) is 0.612. The van der Waals surface area contributed by atoms with Crippen molar-refractivity contribution in [3.63, 3.8) is 0 Å². The third-order valence-electron chi connectivity index (χ3n) is 5.30. The van der Waals surface area contributed by atoms with E-state index < -0.39 is 0 Å². The van der Waals surface area contributed by atoms with E-state index >= 15 is 0 Å². The molecule has 2 aliphatic rings. The summed E-state index contributed by atoms with van der Waals surface area (Å²) in [5.41, 5.74) is 3.49. The predicted octanol–water partition coefficient (Wildman–Crippen LogP) is 1.44. The van der Waals surface area contributed by atoms with Crippen molar-refractivity contribution in [2.75, 3.05) is 56.0 Å². The molecule has 2 heterocycles. The minimum atomic E-state index is -0.307. The van der Waals surface area contributed by atoms with Gasteiger partial charge in [0.05, 0.1) is 6.10 Å². The summed E-state index contributed by atoms with van der Waals surface area (Å²) >= 11 is 0. The molecule has 2 aliphatic heterocycles. The van der Waals surface area contributed by atoms with E-state index in [2.05, 4.69) is 33.4 Å². The summed E-state index contributed by atoms with van der Waals surface area (Å²) in [6, 6.07) is 6.18. The highest BCUT2D eigenvalue weighted by Gasteiger charge is 2.24. The molecule has 0 radical (unpaired) electrons. The maximum Gasteiger partial charge on any atom is 0.224 e. The molecule has 1 fully saturated rings. The van der Waals surface area contributed by atoms with Crippen LogP contribution in [0, 0.1) is 0 Å². The second-order valence-corrected chi connectivity index (χ2v) is 7.35. The van der Waals surface area contributed by atoms with E-state index in [1.807, 2.05) is 12.1 Å². The van der Waals surface area contributed by atoms with Crippen molar-refractivity contribution in [2.45, 2.75) is 38.7 Å². The number of rotatable bonds is 8. The molecule has 1 atom stereocenters. The average molecular weight is 361 g/mol. The molecule has 0 bridgehead atoms. The van der Waals surface area contributed by atoms with Gasteiger partial charge in [-0.2, -0.15) is 0 Å². The van der Waals surface area contributed by atoms with Gasteiger partial charge in [0.15, 0.2) is 0 Å². The highest BCUT2D eigenvalue weighted by molar-refractivity contribution is 5.95. The summed E-state index contributed by atoms with van der Waals surface area (Å²) in [4.78, 5) is 16.4. The van der Waals surface area contributed by atoms with Gasteiger partial charge >= 0.3 is 0 Å². The Labute approximate surface area is 156 Å². The molecule has 6 heteroatoms. The lowest BCUT2D eigenvalue weighted by Gasteiger charge is -2.38. The van der Waals surface area contributed by atoms with Gasteiger partial charge in [0.1, 0.15) is 0 Å². The first-order chi connectivity index (χ1) is 12.7. The normalized spacial score (nSPS) is 19.2. The van der Waals surface area contributed by atoms with Gasteiger partial charge in [-0.25, -0.2) is 0 Å². The molecule has 26 heavy (non-hydrogen) atoms. The molecule has 1 amide bonds. The van der Waals surface area contributed by atoms with Crippen LogP contribution in [0.25, 0.3) is 0 Å². The van der Waals surface area contributed by atoms with E-state index in [0.29, 0.717) is 13.0 Å². The monoisotopic (exact) mass is 360 g/mol. The average Bonchev–Trinajstić information content (AvgIpc) is 2.65. The molecule has 1 aromatic carbocycles. The zero-order valence-electron chi connectivity index (χ0n) is 15.8. The van der Waals surface area contributed by atoms with Gasteiger partial charge in [-0.05, 0) is 37.1 Å². The number of fused-ring (bicyclic) bond motifs is 1. The van der Waals surface area contributed by atoms with E-state index in [9.17, 15) is 9.90 Å². The third kappa shape index (κ3) is 4.96. The van der Waals surface area contributed by atoms with Gasteiger partial charge < -0.3 is 20.6 Å². The topological polar surface area (TPSA) is 67.8 Å². The number of benzene rings is 1. The molecule has 0 saturated carbocycles. The molecular weight excluding hydrogens is 328 g/mol. The van der Waals surface area contributed by atoms with Crippen LogP contribution in [0.3, 0.4) is 0 Å². The Bertz CT molecular complexity index is 599. The Hall–Kier alpha value is -1.63. The fourth-order valence-electron chi connectivity index (χ4n) is 3.81. The number of piperazine rings is 1. The number of hydrogen-bond acceptors (Lipinski definition) is 5. The van der Waals surface area contributed by atoms with Gasteiger partial charge in [-0.15, -0.1) is 0 Å². The maximum absolute atomic E-state index is 11.6. The summed E-state index contributed by atoms with van der Waals surface area (Å²) in [5.74, 6) is 0.112. The third-order valence-corrected chi connectivity index (χ3v) is 5.30. The predicted molar refractivity (Wildman–Crippen MR) is 106 cm³/mol. The van der Waals surface area contributed by atoms with Crippen LogP contribution in [-0.2, 0) is 11.2 Å². The fraction of sp³-hybridized carbons (Fsp3) is 0.650. The summed E-state index contributed by atoms with van der Waals surface area (Å²) in [6.45, 7) is 8.40. The number of nitrogens with zero attached hydrogens (tertiary/aromatic N) is 2. The SMILES string of the molecule is CCCCNC[C@H](O)CN1CCN(c2cccc3c2CCC(=O)N3)CC1. The highest BCUT2D eigenvalue weighted by Crippen LogP contribution is 2.32. The molecule has 3 N–H and O–H groups in total. The maximum atomic E-state index is 11.6. The van der Waals surface area contributed by atoms with Crippen LogP contribution in [0.5, 0.6) is 0 Å². The molecule has 1 saturated heterocycles. The van der Waals surface area contributed by atoms with E-state index in [1.165, 1.54) is 17.7 Å². The van der Waals surface area contributed by atoms with E-state index in [0.717, 1.165) is 57.8 Å². The zero-order chi connectivity index (χ0) is 18.4. The highest BCUT2D eigenvalue weighted by atomic mass is 16.3. The summed E-state index contributed by atoms with van der Waals surface area (Å²) in [5, 5.41) is 16.5. The standard InChI is InChI=1S/C20H32N4O2/c1-2-3-9-21-14-16(25)15-23-10-12-24(13-11-23)19-6-4-5-18-17(19)7-8-20(26)22-18/h4-6,16,21,25H,2-3,7-15H2,1H3,(H,22,26)/t16-/m0/s1. The molecule has 1 aromatic rings. The number of hydrogen-bond donors (Lipinski definition) is 3. The molecule has 144 valence electrons. The number of anilines is 2. The van der Waals surface area contributed by atoms with Crippen molar-refractivity contribution >= 4 is 17.3 Å². The Balaban J connectivity index is 1.48. The van der Waals surface area contributed by atoms with E-state index in [4.69, 9.17) is 0 Å². The molecule has 6 nitrogen and oxygen atoms in total. The lowest BCUT2D eigenvalue weighted by atomic mass is 10.00. The molecule has 0 aliphatic carbocycles. The smallest absolute Gasteiger partial charge is 0.224 e. The summed E-state index contributed by atoms with van der Waals surface area (Å²) in [6.07, 6.45) is 3.42. The first kappa shape index (κ1) is 19.1. The minimum absolute atomic E-state index is 0.112. The second kappa shape index (κ2) is 9.35. The number of β-amino-alcohol motifs (C(OH)–C–C–N with tert-alkyl or cyclic N) is 1. The van der Waals surface area contributed by atoms with Crippen LogP contribution in [0.15, 0.2) is 18.2 Å². The van der Waals surface area contributed by atoms with Crippen LogP contribution in [0.1, 0.15) is 31.7 Å². The Morgan fingerprint density at radius 1 is 1.23 bits per heavy atom. The summed E-state index contributed by atoms with van der Waals surface area (Å²) < 4.78 is 0. The van der Waals surface area contributed by atoms with Crippen molar-refractivity contribution in [3.05, 3.63) is 23.8 Å². The van der Waals surface area contributed by atoms with Crippen molar-refractivity contribution in [1.29, 1.82) is 0 Å². The first-order valence-corrected chi connectivity index (χ1v) is 9.95. The number of carbonyl (C=O) groups excluding carboxylic acids is 1. The van der Waals surface area contributed by atoms with Gasteiger partial charge in [-0.1, -0.05) is 19.4 Å². The Morgan fingerprint density at radius 3 is 2.81 bits per heavy atom. The zero-order valence-corrected chi connectivity index (χ0v) is 15.8. The Morgan fingerprint density at radius 2 is 2.04 bits per heavy atom. The van der Waals surface area contributed by atoms with Gasteiger partial charge in [0.2, 0.25) is 5.91 Å². The molecule has 3 rings (SSSR count). The van der Waals surface area contributed by atoms with E-state index in [-0.39, 0.29) is 12.0 Å². The number of nitrogens with one attached hydrogen (secondary N) is 2. The molecule has 0 unspecified atom stereocenters. The number of aliphatic hydroxyl groups is 1. The van der Waals surface area contributed by atoms with Crippen molar-refractivity contribution < 1.29 is 9.90 Å². The fourth-order valence-corrected chi connectivity index (χ4v) is 3.81. The lowest BCUT2D eigenvalue weighted by molar-refractivity contribution is -0.116. The molecule has 0 aromatic heterocycles. The largest absolute Gasteiger partial charge is 0.390 e. The van der Waals surface area contributed by atoms with Gasteiger partial charge in [0, 0.05) is 57.1 Å². The van der Waals surface area contributed by atoms with Crippen LogP contribution < -0.4 is 15.5 Å². The molecular formula is C20H32N4O2. The first-order valence-electron chi connectivity index (χ1n) is 9.95. The number of aliphatic hydroxyl groups excluding tert-OH is 1. The number of unbranched alkanes of at least 4 members (excludes halogenated alkanes) is 1. The minimum Gasteiger partial charge on any atom is -0.390 e.